The summed E-state index contributed by atoms with van der Waals surface area (Å²) in [5, 5.41) is 3.02. The molecule has 5 heteroatoms. The lowest BCUT2D eigenvalue weighted by atomic mass is 9.95. The summed E-state index contributed by atoms with van der Waals surface area (Å²) >= 11 is 0. The second kappa shape index (κ2) is 7.47. The zero-order valence-corrected chi connectivity index (χ0v) is 13.8. The summed E-state index contributed by atoms with van der Waals surface area (Å²) in [6, 6.07) is 4.07. The highest BCUT2D eigenvalue weighted by Crippen LogP contribution is 2.19. The summed E-state index contributed by atoms with van der Waals surface area (Å²) < 4.78 is 2.07. The van der Waals surface area contributed by atoms with Crippen LogP contribution in [0.5, 0.6) is 0 Å². The van der Waals surface area contributed by atoms with Crippen LogP contribution in [0.2, 0.25) is 0 Å². The second-order valence-corrected chi connectivity index (χ2v) is 6.58. The third-order valence-electron chi connectivity index (χ3n) is 4.19. The van der Waals surface area contributed by atoms with Crippen molar-refractivity contribution >= 4 is 11.8 Å². The van der Waals surface area contributed by atoms with E-state index in [0.29, 0.717) is 31.8 Å². The number of nitrogens with one attached hydrogen (secondary N) is 1. The van der Waals surface area contributed by atoms with Gasteiger partial charge in [-0.05, 0) is 24.5 Å². The van der Waals surface area contributed by atoms with Crippen molar-refractivity contribution in [3.8, 4) is 0 Å². The van der Waals surface area contributed by atoms with E-state index in [4.69, 9.17) is 0 Å². The first-order valence-corrected chi connectivity index (χ1v) is 8.13. The third kappa shape index (κ3) is 4.36. The predicted octanol–water partition coefficient (Wildman–Crippen LogP) is 1.58. The topological polar surface area (TPSA) is 54.3 Å². The first-order chi connectivity index (χ1) is 10.5. The molecule has 1 N–H and O–H groups in total. The molecule has 2 rings (SSSR count). The molecule has 5 nitrogen and oxygen atoms in total. The molecule has 0 aromatic carbocycles. The maximum Gasteiger partial charge on any atom is 0.224 e. The van der Waals surface area contributed by atoms with Crippen LogP contribution in [0.15, 0.2) is 18.3 Å². The van der Waals surface area contributed by atoms with Gasteiger partial charge in [-0.2, -0.15) is 0 Å². The number of aromatic nitrogens is 1. The number of likely N-dealkylation sites (tertiary alicyclic amines) is 1. The van der Waals surface area contributed by atoms with Crippen LogP contribution in [0.25, 0.3) is 0 Å². The van der Waals surface area contributed by atoms with Gasteiger partial charge in [0.1, 0.15) is 0 Å². The van der Waals surface area contributed by atoms with Gasteiger partial charge in [0, 0.05) is 51.4 Å². The molecule has 0 radical (unpaired) electrons. The Morgan fingerprint density at radius 1 is 1.45 bits per heavy atom. The van der Waals surface area contributed by atoms with Crippen LogP contribution in [0, 0.1) is 11.8 Å². The van der Waals surface area contributed by atoms with E-state index in [1.807, 2.05) is 24.2 Å². The van der Waals surface area contributed by atoms with Crippen LogP contribution in [-0.2, 0) is 23.1 Å². The van der Waals surface area contributed by atoms with Crippen molar-refractivity contribution in [2.45, 2.75) is 33.1 Å². The molecule has 1 saturated heterocycles. The molecule has 1 aromatic heterocycles. The number of hydrogen-bond acceptors (Lipinski definition) is 2. The molecule has 22 heavy (non-hydrogen) atoms. The Hall–Kier alpha value is -1.78. The molecule has 1 unspecified atom stereocenters. The van der Waals surface area contributed by atoms with Gasteiger partial charge in [0.05, 0.1) is 5.92 Å². The smallest absolute Gasteiger partial charge is 0.224 e. The summed E-state index contributed by atoms with van der Waals surface area (Å²) in [5.41, 5.74) is 1.21. The summed E-state index contributed by atoms with van der Waals surface area (Å²) in [4.78, 5) is 26.0. The molecular weight excluding hydrogens is 278 g/mol. The number of carbonyl (C=O) groups is 2. The third-order valence-corrected chi connectivity index (χ3v) is 4.19. The predicted molar refractivity (Wildman–Crippen MR) is 86.3 cm³/mol. The largest absolute Gasteiger partial charge is 0.355 e. The maximum atomic E-state index is 12.3. The normalized spacial score (nSPS) is 18.8. The van der Waals surface area contributed by atoms with Crippen molar-refractivity contribution in [2.75, 3.05) is 19.6 Å². The first-order valence-electron chi connectivity index (χ1n) is 8.13. The van der Waals surface area contributed by atoms with Crippen molar-refractivity contribution in [3.05, 3.63) is 24.0 Å². The fourth-order valence-electron chi connectivity index (χ4n) is 2.96. The van der Waals surface area contributed by atoms with Crippen LogP contribution >= 0.6 is 0 Å². The van der Waals surface area contributed by atoms with E-state index in [1.165, 1.54) is 5.69 Å². The molecule has 1 aliphatic rings. The number of piperidine rings is 1. The van der Waals surface area contributed by atoms with Gasteiger partial charge in [0.2, 0.25) is 11.8 Å². The Morgan fingerprint density at radius 3 is 2.86 bits per heavy atom. The summed E-state index contributed by atoms with van der Waals surface area (Å²) in [5.74, 6) is 0.630. The summed E-state index contributed by atoms with van der Waals surface area (Å²) in [6.07, 6.45) is 4.00. The van der Waals surface area contributed by atoms with Crippen molar-refractivity contribution in [1.82, 2.24) is 14.8 Å². The van der Waals surface area contributed by atoms with E-state index in [1.54, 1.807) is 0 Å². The van der Waals surface area contributed by atoms with Crippen molar-refractivity contribution < 1.29 is 9.59 Å². The first kappa shape index (κ1) is 16.6. The maximum absolute atomic E-state index is 12.3. The van der Waals surface area contributed by atoms with Crippen LogP contribution in [-0.4, -0.2) is 40.9 Å². The van der Waals surface area contributed by atoms with Crippen molar-refractivity contribution in [1.29, 1.82) is 0 Å². The summed E-state index contributed by atoms with van der Waals surface area (Å²) in [6.45, 7) is 6.14. The molecule has 0 aliphatic carbocycles. The summed E-state index contributed by atoms with van der Waals surface area (Å²) in [7, 11) is 2.01. The number of aryl methyl sites for hydroxylation is 1. The zero-order valence-electron chi connectivity index (χ0n) is 13.8. The van der Waals surface area contributed by atoms with E-state index >= 15 is 0 Å². The highest BCUT2D eigenvalue weighted by atomic mass is 16.2. The molecular formula is C17H27N3O2. The Balaban J connectivity index is 1.79. The van der Waals surface area contributed by atoms with E-state index in [0.717, 1.165) is 13.0 Å². The van der Waals surface area contributed by atoms with Gasteiger partial charge in [-0.15, -0.1) is 0 Å². The van der Waals surface area contributed by atoms with Crippen molar-refractivity contribution in [2.24, 2.45) is 18.9 Å². The molecule has 1 aromatic rings. The van der Waals surface area contributed by atoms with Gasteiger partial charge in [-0.3, -0.25) is 9.59 Å². The highest BCUT2D eigenvalue weighted by molar-refractivity contribution is 5.83. The average Bonchev–Trinajstić information content (AvgIpc) is 2.86. The van der Waals surface area contributed by atoms with Gasteiger partial charge in [0.15, 0.2) is 0 Å². The van der Waals surface area contributed by atoms with Crippen LogP contribution in [0.4, 0.5) is 0 Å². The highest BCUT2D eigenvalue weighted by Gasteiger charge is 2.30. The Kier molecular flexibility index (Phi) is 5.63. The van der Waals surface area contributed by atoms with Crippen molar-refractivity contribution in [3.63, 3.8) is 0 Å². The zero-order chi connectivity index (χ0) is 16.1. The number of carbonyl (C=O) groups excluding carboxylic acids is 2. The number of nitrogens with zero attached hydrogens (tertiary/aromatic N) is 2. The SMILES string of the molecule is CC(C)CN1CC(C(=O)NCCc2cccn2C)CCC1=O. The molecule has 122 valence electrons. The van der Waals surface area contributed by atoms with Gasteiger partial charge in [-0.25, -0.2) is 0 Å². The molecule has 0 bridgehead atoms. The quantitative estimate of drug-likeness (QED) is 0.867. The minimum atomic E-state index is -0.0649. The molecule has 1 aliphatic heterocycles. The number of hydrogen-bond donors (Lipinski definition) is 1. The lowest BCUT2D eigenvalue weighted by Gasteiger charge is -2.33. The molecule has 0 saturated carbocycles. The van der Waals surface area contributed by atoms with Gasteiger partial charge in [0.25, 0.3) is 0 Å². The number of amides is 2. The van der Waals surface area contributed by atoms with Crippen LogP contribution in [0.3, 0.4) is 0 Å². The molecule has 1 atom stereocenters. The van der Waals surface area contributed by atoms with E-state index in [2.05, 4.69) is 29.8 Å². The van der Waals surface area contributed by atoms with Gasteiger partial charge < -0.3 is 14.8 Å². The Morgan fingerprint density at radius 2 is 2.23 bits per heavy atom. The van der Waals surface area contributed by atoms with Gasteiger partial charge in [-0.1, -0.05) is 13.8 Å². The molecule has 1 fully saturated rings. The molecule has 2 heterocycles. The van der Waals surface area contributed by atoms with E-state index in [9.17, 15) is 9.59 Å². The monoisotopic (exact) mass is 305 g/mol. The lowest BCUT2D eigenvalue weighted by Crippen LogP contribution is -2.47. The second-order valence-electron chi connectivity index (χ2n) is 6.58. The lowest BCUT2D eigenvalue weighted by molar-refractivity contribution is -0.138. The number of rotatable bonds is 6. The molecule has 0 spiro atoms. The minimum absolute atomic E-state index is 0.0649. The average molecular weight is 305 g/mol. The Labute approximate surface area is 132 Å². The standard InChI is InChI=1S/C17H27N3O2/c1-13(2)11-20-12-14(6-7-16(20)21)17(22)18-9-8-15-5-4-10-19(15)3/h4-5,10,13-14H,6-9,11-12H2,1-3H3,(H,18,22). The minimum Gasteiger partial charge on any atom is -0.355 e. The fourth-order valence-corrected chi connectivity index (χ4v) is 2.96. The van der Waals surface area contributed by atoms with Crippen LogP contribution < -0.4 is 5.32 Å². The van der Waals surface area contributed by atoms with Gasteiger partial charge >= 0.3 is 0 Å². The van der Waals surface area contributed by atoms with E-state index < -0.39 is 0 Å². The molecule has 2 amide bonds. The Bertz CT molecular complexity index is 522. The van der Waals surface area contributed by atoms with Crippen LogP contribution in [0.1, 0.15) is 32.4 Å². The fraction of sp³-hybridized carbons (Fsp3) is 0.647. The van der Waals surface area contributed by atoms with E-state index in [-0.39, 0.29) is 17.7 Å².